The molecule has 0 aromatic heterocycles. The molecule has 0 aliphatic carbocycles. The Morgan fingerprint density at radius 1 is 1.67 bits per heavy atom. The Bertz CT molecular complexity index is 90.3. The summed E-state index contributed by atoms with van der Waals surface area (Å²) in [6.07, 6.45) is 0.924. The lowest BCUT2D eigenvalue weighted by molar-refractivity contribution is 0.504. The zero-order chi connectivity index (χ0) is 7.28. The lowest BCUT2D eigenvalue weighted by Gasteiger charge is -2.18. The first-order valence-electron chi connectivity index (χ1n) is 3.16. The molecule has 0 aromatic rings. The van der Waals surface area contributed by atoms with Gasteiger partial charge in [0.2, 0.25) is 0 Å². The Kier molecular flexibility index (Phi) is 3.84. The highest BCUT2D eigenvalue weighted by Gasteiger charge is 1.99. The van der Waals surface area contributed by atoms with Gasteiger partial charge in [0.15, 0.2) is 5.96 Å². The first-order chi connectivity index (χ1) is 4.22. The number of guanidine groups is 1. The van der Waals surface area contributed by atoms with Crippen LogP contribution in [0.2, 0.25) is 0 Å². The van der Waals surface area contributed by atoms with Crippen molar-refractivity contribution in [2.45, 2.75) is 20.3 Å². The van der Waals surface area contributed by atoms with Crippen molar-refractivity contribution in [1.29, 1.82) is 5.41 Å². The van der Waals surface area contributed by atoms with Gasteiger partial charge < -0.3 is 10.6 Å². The van der Waals surface area contributed by atoms with Crippen molar-refractivity contribution in [3.05, 3.63) is 6.54 Å². The van der Waals surface area contributed by atoms with Gasteiger partial charge in [-0.3, -0.25) is 5.41 Å². The van der Waals surface area contributed by atoms with Gasteiger partial charge in [0.25, 0.3) is 0 Å². The van der Waals surface area contributed by atoms with Crippen LogP contribution in [0.1, 0.15) is 20.3 Å². The Labute approximate surface area is 56.3 Å². The van der Waals surface area contributed by atoms with Crippen LogP contribution in [0.25, 0.3) is 0 Å². The summed E-state index contributed by atoms with van der Waals surface area (Å²) in [6, 6.07) is 0. The van der Waals surface area contributed by atoms with E-state index < -0.39 is 0 Å². The summed E-state index contributed by atoms with van der Waals surface area (Å²) in [7, 11) is 0. The first-order valence-corrected chi connectivity index (χ1v) is 3.16. The van der Waals surface area contributed by atoms with Gasteiger partial charge in [0.1, 0.15) is 0 Å². The van der Waals surface area contributed by atoms with Crippen molar-refractivity contribution in [3.63, 3.8) is 0 Å². The molecule has 1 radical (unpaired) electrons. The van der Waals surface area contributed by atoms with Crippen molar-refractivity contribution in [1.82, 2.24) is 4.90 Å². The molecular formula is C6H14N3. The minimum Gasteiger partial charge on any atom is -0.370 e. The molecule has 0 aliphatic heterocycles. The number of nitrogens with one attached hydrogen (secondary N) is 1. The number of nitrogens with zero attached hydrogens (tertiary/aromatic N) is 1. The summed E-state index contributed by atoms with van der Waals surface area (Å²) in [4.78, 5) is 1.71. The van der Waals surface area contributed by atoms with Gasteiger partial charge in [-0.2, -0.15) is 0 Å². The molecule has 0 saturated carbocycles. The molecule has 3 nitrogen and oxygen atoms in total. The van der Waals surface area contributed by atoms with Crippen LogP contribution in [0, 0.1) is 12.0 Å². The molecular weight excluding hydrogens is 114 g/mol. The average molecular weight is 128 g/mol. The lowest BCUT2D eigenvalue weighted by Crippen LogP contribution is -2.33. The summed E-state index contributed by atoms with van der Waals surface area (Å²) in [6.45, 7) is 6.67. The molecule has 0 unspecified atom stereocenters. The van der Waals surface area contributed by atoms with Crippen LogP contribution < -0.4 is 5.73 Å². The smallest absolute Gasteiger partial charge is 0.188 e. The van der Waals surface area contributed by atoms with Crippen molar-refractivity contribution in [2.24, 2.45) is 5.73 Å². The number of nitrogens with two attached hydrogens (primary N) is 1. The monoisotopic (exact) mass is 128 g/mol. The normalized spacial score (nSPS) is 9.11. The third-order valence-electron chi connectivity index (χ3n) is 1.05. The third-order valence-corrected chi connectivity index (χ3v) is 1.05. The molecule has 53 valence electrons. The summed E-state index contributed by atoms with van der Waals surface area (Å²) >= 11 is 0. The van der Waals surface area contributed by atoms with Crippen LogP contribution in [0.5, 0.6) is 0 Å². The molecule has 0 aliphatic rings. The number of hydrogen-bond donors (Lipinski definition) is 2. The van der Waals surface area contributed by atoms with Crippen LogP contribution in [-0.4, -0.2) is 17.4 Å². The number of rotatable bonds is 3. The average Bonchev–Trinajstić information content (AvgIpc) is 1.82. The van der Waals surface area contributed by atoms with E-state index in [1.807, 2.05) is 20.4 Å². The molecule has 0 saturated heterocycles. The molecule has 0 aromatic carbocycles. The van der Waals surface area contributed by atoms with Gasteiger partial charge in [0.05, 0.1) is 6.54 Å². The van der Waals surface area contributed by atoms with E-state index in [4.69, 9.17) is 11.1 Å². The maximum atomic E-state index is 7.03. The van der Waals surface area contributed by atoms with Gasteiger partial charge >= 0.3 is 0 Å². The van der Waals surface area contributed by atoms with Gasteiger partial charge in [-0.15, -0.1) is 0 Å². The van der Waals surface area contributed by atoms with Crippen molar-refractivity contribution < 1.29 is 0 Å². The van der Waals surface area contributed by atoms with Crippen LogP contribution in [0.3, 0.4) is 0 Å². The van der Waals surface area contributed by atoms with Gasteiger partial charge in [-0.05, 0) is 13.3 Å². The van der Waals surface area contributed by atoms with Crippen LogP contribution in [-0.2, 0) is 0 Å². The highest BCUT2D eigenvalue weighted by Crippen LogP contribution is 1.93. The third kappa shape index (κ3) is 2.95. The molecule has 0 spiro atoms. The van der Waals surface area contributed by atoms with Crippen LogP contribution >= 0.6 is 0 Å². The largest absolute Gasteiger partial charge is 0.370 e. The molecule has 3 heteroatoms. The summed E-state index contributed by atoms with van der Waals surface area (Å²) < 4.78 is 0. The molecule has 0 rings (SSSR count). The van der Waals surface area contributed by atoms with E-state index in [-0.39, 0.29) is 5.96 Å². The van der Waals surface area contributed by atoms with E-state index in [9.17, 15) is 0 Å². The maximum absolute atomic E-state index is 7.03. The van der Waals surface area contributed by atoms with E-state index in [1.165, 1.54) is 0 Å². The Hall–Kier alpha value is -0.730. The first kappa shape index (κ1) is 8.27. The van der Waals surface area contributed by atoms with Crippen molar-refractivity contribution in [2.75, 3.05) is 6.54 Å². The van der Waals surface area contributed by atoms with E-state index in [1.54, 1.807) is 4.90 Å². The van der Waals surface area contributed by atoms with Crippen LogP contribution in [0.15, 0.2) is 0 Å². The summed E-state index contributed by atoms with van der Waals surface area (Å²) in [5, 5.41) is 7.03. The summed E-state index contributed by atoms with van der Waals surface area (Å²) in [5.41, 5.74) is 5.21. The zero-order valence-electron chi connectivity index (χ0n) is 6.02. The van der Waals surface area contributed by atoms with Crippen LogP contribution in [0.4, 0.5) is 0 Å². The molecule has 0 heterocycles. The molecule has 0 fully saturated rings. The molecule has 0 atom stereocenters. The highest BCUT2D eigenvalue weighted by atomic mass is 15.2. The molecule has 3 N–H and O–H groups in total. The van der Waals surface area contributed by atoms with E-state index in [2.05, 4.69) is 0 Å². The van der Waals surface area contributed by atoms with Gasteiger partial charge in [-0.25, -0.2) is 0 Å². The van der Waals surface area contributed by atoms with E-state index >= 15 is 0 Å². The van der Waals surface area contributed by atoms with Gasteiger partial charge in [0, 0.05) is 6.54 Å². The number of hydrogen-bond acceptors (Lipinski definition) is 1. The molecule has 9 heavy (non-hydrogen) atoms. The quantitative estimate of drug-likeness (QED) is 0.436. The predicted octanol–water partition coefficient (Wildman–Crippen LogP) is 0.774. The van der Waals surface area contributed by atoms with E-state index in [0.717, 1.165) is 13.0 Å². The Morgan fingerprint density at radius 2 is 2.22 bits per heavy atom. The minimum absolute atomic E-state index is 0.124. The standard InChI is InChI=1S/C6H14N3/c1-3-5-9(4-2)6(7)8/h5H,3-4H2,1-2H3,(H3,7,8). The predicted molar refractivity (Wildman–Crippen MR) is 38.9 cm³/mol. The fourth-order valence-corrected chi connectivity index (χ4v) is 0.618. The Balaban J connectivity index is 3.54. The molecule has 0 amide bonds. The second-order valence-electron chi connectivity index (χ2n) is 1.76. The van der Waals surface area contributed by atoms with Crippen molar-refractivity contribution >= 4 is 5.96 Å². The zero-order valence-corrected chi connectivity index (χ0v) is 6.02. The highest BCUT2D eigenvalue weighted by molar-refractivity contribution is 5.75. The fourth-order valence-electron chi connectivity index (χ4n) is 0.618. The topological polar surface area (TPSA) is 53.1 Å². The fraction of sp³-hybridized carbons (Fsp3) is 0.667. The summed E-state index contributed by atoms with van der Waals surface area (Å²) in [5.74, 6) is 0.124. The van der Waals surface area contributed by atoms with Gasteiger partial charge in [-0.1, -0.05) is 6.92 Å². The second kappa shape index (κ2) is 4.18. The minimum atomic E-state index is 0.124. The maximum Gasteiger partial charge on any atom is 0.188 e. The Morgan fingerprint density at radius 3 is 2.33 bits per heavy atom. The lowest BCUT2D eigenvalue weighted by atomic mass is 10.4. The molecule has 0 bridgehead atoms. The van der Waals surface area contributed by atoms with E-state index in [0.29, 0.717) is 0 Å². The SMILES string of the molecule is CC[CH]N(CC)C(=N)N. The second-order valence-corrected chi connectivity index (χ2v) is 1.76. The van der Waals surface area contributed by atoms with Crippen molar-refractivity contribution in [3.8, 4) is 0 Å².